The highest BCUT2D eigenvalue weighted by Crippen LogP contribution is 2.26. The Balaban J connectivity index is 1.91. The number of carbonyl (C=O) groups excluding carboxylic acids is 1. The summed E-state index contributed by atoms with van der Waals surface area (Å²) in [6.45, 7) is 0.00981. The number of halogens is 1. The Morgan fingerprint density at radius 2 is 2.09 bits per heavy atom. The molecule has 0 bridgehead atoms. The number of anilines is 1. The quantitative estimate of drug-likeness (QED) is 0.774. The molecule has 0 saturated carbocycles. The van der Waals surface area contributed by atoms with E-state index in [1.165, 1.54) is 19.2 Å². The van der Waals surface area contributed by atoms with Gasteiger partial charge < -0.3 is 15.0 Å². The predicted molar refractivity (Wildman–Crippen MR) is 84.2 cm³/mol. The van der Waals surface area contributed by atoms with Gasteiger partial charge >= 0.3 is 0 Å². The van der Waals surface area contributed by atoms with Crippen LogP contribution in [0.1, 0.15) is 0 Å². The molecule has 0 radical (unpaired) electrons. The van der Waals surface area contributed by atoms with Crippen molar-refractivity contribution in [2.45, 2.75) is 0 Å². The average molecular weight is 298 g/mol. The van der Waals surface area contributed by atoms with E-state index in [-0.39, 0.29) is 18.3 Å². The summed E-state index contributed by atoms with van der Waals surface area (Å²) in [6.07, 6.45) is 0. The van der Waals surface area contributed by atoms with E-state index in [1.54, 1.807) is 12.1 Å². The van der Waals surface area contributed by atoms with Gasteiger partial charge in [0.05, 0.1) is 0 Å². The molecule has 3 aromatic rings. The maximum absolute atomic E-state index is 13.3. The number of aromatic nitrogens is 1. The first-order chi connectivity index (χ1) is 10.7. The third kappa shape index (κ3) is 2.99. The molecular weight excluding hydrogens is 283 g/mol. The van der Waals surface area contributed by atoms with Crippen molar-refractivity contribution >= 4 is 22.5 Å². The van der Waals surface area contributed by atoms with E-state index < -0.39 is 0 Å². The lowest BCUT2D eigenvalue weighted by Gasteiger charge is -2.06. The van der Waals surface area contributed by atoms with Gasteiger partial charge in [-0.15, -0.1) is 0 Å². The van der Waals surface area contributed by atoms with Crippen LogP contribution in [0.5, 0.6) is 0 Å². The number of carbonyl (C=O) groups is 1. The van der Waals surface area contributed by atoms with Crippen LogP contribution in [0, 0.1) is 5.82 Å². The first-order valence-electron chi connectivity index (χ1n) is 6.83. The Kier molecular flexibility index (Phi) is 3.89. The number of benzene rings is 2. The molecule has 0 saturated heterocycles. The number of methoxy groups -OCH3 is 1. The predicted octanol–water partition coefficient (Wildman–Crippen LogP) is 3.56. The summed E-state index contributed by atoms with van der Waals surface area (Å²) < 4.78 is 18.0. The summed E-state index contributed by atoms with van der Waals surface area (Å²) in [7, 11) is 1.47. The summed E-state index contributed by atoms with van der Waals surface area (Å²) in [5.41, 5.74) is 3.32. The number of hydrogen-bond donors (Lipinski definition) is 2. The van der Waals surface area contributed by atoms with E-state index >= 15 is 0 Å². The first-order valence-corrected chi connectivity index (χ1v) is 6.83. The molecule has 112 valence electrons. The summed E-state index contributed by atoms with van der Waals surface area (Å²) in [4.78, 5) is 14.8. The van der Waals surface area contributed by atoms with Gasteiger partial charge in [-0.2, -0.15) is 0 Å². The highest BCUT2D eigenvalue weighted by atomic mass is 19.1. The minimum atomic E-state index is -0.265. The second-order valence-electron chi connectivity index (χ2n) is 4.98. The molecule has 0 atom stereocenters. The van der Waals surface area contributed by atoms with Gasteiger partial charge in [-0.1, -0.05) is 12.1 Å². The number of ether oxygens (including phenoxy) is 1. The number of amides is 1. The molecule has 0 spiro atoms. The molecule has 0 unspecified atom stereocenters. The molecule has 3 rings (SSSR count). The van der Waals surface area contributed by atoms with Crippen molar-refractivity contribution in [2.24, 2.45) is 0 Å². The molecule has 5 heteroatoms. The number of fused-ring (bicyclic) bond motifs is 1. The SMILES string of the molecule is COCC(=O)Nc1cccc(-c2cc3cc(F)ccc3[nH]2)c1. The number of rotatable bonds is 4. The lowest BCUT2D eigenvalue weighted by Crippen LogP contribution is -2.16. The number of nitrogens with one attached hydrogen (secondary N) is 2. The maximum Gasteiger partial charge on any atom is 0.250 e. The van der Waals surface area contributed by atoms with Crippen LogP contribution in [0.15, 0.2) is 48.5 Å². The zero-order chi connectivity index (χ0) is 15.5. The molecule has 0 aliphatic rings. The lowest BCUT2D eigenvalue weighted by molar-refractivity contribution is -0.119. The maximum atomic E-state index is 13.3. The van der Waals surface area contributed by atoms with Crippen molar-refractivity contribution in [3.63, 3.8) is 0 Å². The molecule has 4 nitrogen and oxygen atoms in total. The molecule has 22 heavy (non-hydrogen) atoms. The molecule has 0 fully saturated rings. The van der Waals surface area contributed by atoms with E-state index in [0.29, 0.717) is 5.69 Å². The Labute approximate surface area is 126 Å². The molecule has 1 aromatic heterocycles. The van der Waals surface area contributed by atoms with Crippen LogP contribution in [0.4, 0.5) is 10.1 Å². The van der Waals surface area contributed by atoms with Crippen LogP contribution in [0.2, 0.25) is 0 Å². The van der Waals surface area contributed by atoms with Gasteiger partial charge in [0, 0.05) is 35.0 Å². The van der Waals surface area contributed by atoms with Crippen molar-refractivity contribution in [2.75, 3.05) is 19.0 Å². The molecule has 2 aromatic carbocycles. The summed E-state index contributed by atoms with van der Waals surface area (Å²) >= 11 is 0. The zero-order valence-corrected chi connectivity index (χ0v) is 12.0. The van der Waals surface area contributed by atoms with E-state index in [1.807, 2.05) is 24.3 Å². The van der Waals surface area contributed by atoms with Gasteiger partial charge in [0.15, 0.2) is 0 Å². The van der Waals surface area contributed by atoms with Crippen molar-refractivity contribution in [3.05, 3.63) is 54.3 Å². The smallest absolute Gasteiger partial charge is 0.250 e. The Morgan fingerprint density at radius 3 is 2.91 bits per heavy atom. The number of hydrogen-bond acceptors (Lipinski definition) is 2. The molecular formula is C17H15FN2O2. The van der Waals surface area contributed by atoms with Crippen molar-refractivity contribution in [3.8, 4) is 11.3 Å². The topological polar surface area (TPSA) is 54.1 Å². The second kappa shape index (κ2) is 5.99. The standard InChI is InChI=1S/C17H15FN2O2/c1-22-10-17(21)19-14-4-2-3-11(8-14)16-9-12-7-13(18)5-6-15(12)20-16/h2-9,20H,10H2,1H3,(H,19,21). The minimum absolute atomic E-state index is 0.00981. The molecule has 0 aliphatic heterocycles. The van der Waals surface area contributed by atoms with Crippen LogP contribution in [-0.2, 0) is 9.53 Å². The fraction of sp³-hybridized carbons (Fsp3) is 0.118. The van der Waals surface area contributed by atoms with Crippen LogP contribution in [-0.4, -0.2) is 24.6 Å². The highest BCUT2D eigenvalue weighted by molar-refractivity contribution is 5.93. The summed E-state index contributed by atoms with van der Waals surface area (Å²) in [6, 6.07) is 13.9. The van der Waals surface area contributed by atoms with Crippen molar-refractivity contribution in [1.82, 2.24) is 4.98 Å². The van der Waals surface area contributed by atoms with Gasteiger partial charge in [-0.3, -0.25) is 4.79 Å². The van der Waals surface area contributed by atoms with Gasteiger partial charge in [-0.05, 0) is 36.4 Å². The van der Waals surface area contributed by atoms with Crippen LogP contribution < -0.4 is 5.32 Å². The van der Waals surface area contributed by atoms with Gasteiger partial charge in [-0.25, -0.2) is 4.39 Å². The van der Waals surface area contributed by atoms with Crippen molar-refractivity contribution in [1.29, 1.82) is 0 Å². The monoisotopic (exact) mass is 298 g/mol. The van der Waals surface area contributed by atoms with E-state index in [0.717, 1.165) is 22.2 Å². The Hall–Kier alpha value is -2.66. The van der Waals surface area contributed by atoms with E-state index in [9.17, 15) is 9.18 Å². The van der Waals surface area contributed by atoms with E-state index in [4.69, 9.17) is 4.74 Å². The summed E-state index contributed by atoms with van der Waals surface area (Å²) in [5.74, 6) is -0.475. The fourth-order valence-corrected chi connectivity index (χ4v) is 2.35. The largest absolute Gasteiger partial charge is 0.375 e. The second-order valence-corrected chi connectivity index (χ2v) is 4.98. The third-order valence-corrected chi connectivity index (χ3v) is 3.32. The summed E-state index contributed by atoms with van der Waals surface area (Å²) in [5, 5.41) is 3.57. The fourth-order valence-electron chi connectivity index (χ4n) is 2.35. The number of aromatic amines is 1. The third-order valence-electron chi connectivity index (χ3n) is 3.32. The number of H-pyrrole nitrogens is 1. The van der Waals surface area contributed by atoms with Gasteiger partial charge in [0.2, 0.25) is 5.91 Å². The normalized spacial score (nSPS) is 10.8. The highest BCUT2D eigenvalue weighted by Gasteiger charge is 2.06. The van der Waals surface area contributed by atoms with Crippen LogP contribution in [0.3, 0.4) is 0 Å². The first kappa shape index (κ1) is 14.3. The van der Waals surface area contributed by atoms with Gasteiger partial charge in [0.25, 0.3) is 0 Å². The zero-order valence-electron chi connectivity index (χ0n) is 12.0. The molecule has 1 heterocycles. The van der Waals surface area contributed by atoms with Crippen LogP contribution in [0.25, 0.3) is 22.2 Å². The van der Waals surface area contributed by atoms with Crippen molar-refractivity contribution < 1.29 is 13.9 Å². The molecule has 1 amide bonds. The Morgan fingerprint density at radius 1 is 1.23 bits per heavy atom. The Bertz CT molecular complexity index is 826. The molecule has 2 N–H and O–H groups in total. The molecule has 0 aliphatic carbocycles. The van der Waals surface area contributed by atoms with Crippen LogP contribution >= 0.6 is 0 Å². The lowest BCUT2D eigenvalue weighted by atomic mass is 10.1. The van der Waals surface area contributed by atoms with Gasteiger partial charge in [0.1, 0.15) is 12.4 Å². The average Bonchev–Trinajstić information content (AvgIpc) is 2.90. The minimum Gasteiger partial charge on any atom is -0.375 e. The van der Waals surface area contributed by atoms with E-state index in [2.05, 4.69) is 10.3 Å².